The van der Waals surface area contributed by atoms with Gasteiger partial charge in [-0.05, 0) is 6.92 Å². The number of nitrogens with zero attached hydrogens (tertiary/aromatic N) is 3. The molecule has 0 aliphatic rings. The van der Waals surface area contributed by atoms with Gasteiger partial charge in [-0.2, -0.15) is 0 Å². The Morgan fingerprint density at radius 3 is 2.93 bits per heavy atom. The molecule has 0 aliphatic carbocycles. The Labute approximate surface area is 81.8 Å². The fourth-order valence-electron chi connectivity index (χ4n) is 1.22. The summed E-state index contributed by atoms with van der Waals surface area (Å²) < 4.78 is 1.76. The number of hydrogen-bond donors (Lipinski definition) is 2. The summed E-state index contributed by atoms with van der Waals surface area (Å²) in [6.07, 6.45) is 2.22. The third-order valence-electron chi connectivity index (χ3n) is 1.90. The van der Waals surface area contributed by atoms with Crippen LogP contribution in [0.15, 0.2) is 6.33 Å². The molecule has 14 heavy (non-hydrogen) atoms. The van der Waals surface area contributed by atoms with Crippen molar-refractivity contribution in [3.8, 4) is 0 Å². The molecule has 0 atom stereocenters. The van der Waals surface area contributed by atoms with Crippen molar-refractivity contribution in [2.45, 2.75) is 13.5 Å². The molecule has 76 valence electrons. The Hall–Kier alpha value is -1.85. The summed E-state index contributed by atoms with van der Waals surface area (Å²) in [4.78, 5) is 15.9. The van der Waals surface area contributed by atoms with Crippen molar-refractivity contribution >= 4 is 18.1 Å². The fourth-order valence-corrected chi connectivity index (χ4v) is 1.22. The van der Waals surface area contributed by atoms with E-state index < -0.39 is 0 Å². The van der Waals surface area contributed by atoms with E-state index in [1.807, 2.05) is 6.92 Å². The van der Waals surface area contributed by atoms with Crippen molar-refractivity contribution < 1.29 is 4.79 Å². The number of anilines is 1. The summed E-state index contributed by atoms with van der Waals surface area (Å²) in [7, 11) is 1.60. The van der Waals surface area contributed by atoms with Crippen LogP contribution in [-0.2, 0) is 11.3 Å². The van der Waals surface area contributed by atoms with Crippen LogP contribution in [0.1, 0.15) is 12.6 Å². The lowest BCUT2D eigenvalue weighted by atomic mass is 10.4. The number of carbonyl (C=O) groups is 1. The monoisotopic (exact) mass is 195 g/mol. The molecule has 1 aromatic rings. The van der Waals surface area contributed by atoms with E-state index in [9.17, 15) is 4.79 Å². The van der Waals surface area contributed by atoms with Gasteiger partial charge in [-0.25, -0.2) is 4.98 Å². The zero-order valence-electron chi connectivity index (χ0n) is 8.19. The van der Waals surface area contributed by atoms with Gasteiger partial charge in [0.25, 0.3) is 0 Å². The maximum Gasteiger partial charge on any atom is 0.215 e. The van der Waals surface area contributed by atoms with E-state index in [0.29, 0.717) is 24.5 Å². The molecule has 0 radical (unpaired) electrons. The molecule has 1 amide bonds. The molecule has 1 aromatic heterocycles. The van der Waals surface area contributed by atoms with E-state index in [0.717, 1.165) is 0 Å². The zero-order valence-corrected chi connectivity index (χ0v) is 8.19. The molecule has 0 fully saturated rings. The van der Waals surface area contributed by atoms with Gasteiger partial charge in [-0.3, -0.25) is 10.2 Å². The fraction of sp³-hybridized carbons (Fsp3) is 0.375. The molecular weight excluding hydrogens is 182 g/mol. The average molecular weight is 195 g/mol. The molecule has 1 heterocycles. The summed E-state index contributed by atoms with van der Waals surface area (Å²) in [6.45, 7) is 2.60. The molecule has 0 bridgehead atoms. The van der Waals surface area contributed by atoms with E-state index in [4.69, 9.17) is 11.1 Å². The minimum atomic E-state index is -0.138. The molecular formula is C8H13N5O. The predicted octanol–water partition coefficient (Wildman–Crippen LogP) is -0.220. The topological polar surface area (TPSA) is 88.0 Å². The highest BCUT2D eigenvalue weighted by Gasteiger charge is 2.15. The largest absolute Gasteiger partial charge is 0.382 e. The number of aromatic nitrogens is 2. The Balaban J connectivity index is 3.25. The highest BCUT2D eigenvalue weighted by molar-refractivity contribution is 5.99. The molecule has 6 heteroatoms. The average Bonchev–Trinajstić information content (AvgIpc) is 2.59. The molecule has 0 spiro atoms. The van der Waals surface area contributed by atoms with Gasteiger partial charge < -0.3 is 15.2 Å². The molecule has 1 rings (SSSR count). The molecule has 0 aromatic carbocycles. The van der Waals surface area contributed by atoms with Crippen LogP contribution in [-0.4, -0.2) is 28.8 Å². The number of nitrogen functional groups attached to an aromatic ring is 1. The van der Waals surface area contributed by atoms with Crippen LogP contribution in [0.5, 0.6) is 0 Å². The lowest BCUT2D eigenvalue weighted by Gasteiger charge is -2.14. The van der Waals surface area contributed by atoms with Crippen molar-refractivity contribution in [1.82, 2.24) is 9.55 Å². The van der Waals surface area contributed by atoms with Crippen LogP contribution in [0.2, 0.25) is 0 Å². The maximum absolute atomic E-state index is 10.6. The summed E-state index contributed by atoms with van der Waals surface area (Å²) >= 11 is 0. The lowest BCUT2D eigenvalue weighted by molar-refractivity contribution is -0.107. The SMILES string of the molecule is CCn1cnc(C(=N)N)c1N(C)C=O. The van der Waals surface area contributed by atoms with E-state index >= 15 is 0 Å². The van der Waals surface area contributed by atoms with Crippen LogP contribution >= 0.6 is 0 Å². The van der Waals surface area contributed by atoms with Crippen molar-refractivity contribution in [3.05, 3.63) is 12.0 Å². The second-order valence-electron chi connectivity index (χ2n) is 2.83. The standard InChI is InChI=1S/C8H13N5O/c1-3-13-4-11-6(7(9)10)8(13)12(2)5-14/h4-5H,3H2,1-2H3,(H3,9,10). The van der Waals surface area contributed by atoms with Gasteiger partial charge in [0.15, 0.2) is 0 Å². The summed E-state index contributed by atoms with van der Waals surface area (Å²) in [5, 5.41) is 7.29. The smallest absolute Gasteiger partial charge is 0.215 e. The van der Waals surface area contributed by atoms with Crippen molar-refractivity contribution in [1.29, 1.82) is 5.41 Å². The highest BCUT2D eigenvalue weighted by Crippen LogP contribution is 2.16. The normalized spacial score (nSPS) is 9.86. The van der Waals surface area contributed by atoms with Crippen LogP contribution in [0, 0.1) is 5.41 Å². The molecule has 6 nitrogen and oxygen atoms in total. The van der Waals surface area contributed by atoms with Gasteiger partial charge in [0, 0.05) is 13.6 Å². The minimum absolute atomic E-state index is 0.138. The van der Waals surface area contributed by atoms with Gasteiger partial charge in [0.2, 0.25) is 6.41 Å². The third kappa shape index (κ3) is 1.59. The Morgan fingerprint density at radius 1 is 1.86 bits per heavy atom. The first-order chi connectivity index (χ1) is 6.61. The van der Waals surface area contributed by atoms with Crippen LogP contribution in [0.3, 0.4) is 0 Å². The van der Waals surface area contributed by atoms with Crippen LogP contribution < -0.4 is 10.6 Å². The van der Waals surface area contributed by atoms with E-state index in [2.05, 4.69) is 4.98 Å². The third-order valence-corrected chi connectivity index (χ3v) is 1.90. The van der Waals surface area contributed by atoms with Crippen LogP contribution in [0.4, 0.5) is 5.82 Å². The minimum Gasteiger partial charge on any atom is -0.382 e. The molecule has 0 aliphatic heterocycles. The van der Waals surface area contributed by atoms with E-state index in [1.54, 1.807) is 17.9 Å². The summed E-state index contributed by atoms with van der Waals surface area (Å²) in [6, 6.07) is 0. The van der Waals surface area contributed by atoms with Crippen molar-refractivity contribution in [2.75, 3.05) is 11.9 Å². The van der Waals surface area contributed by atoms with Crippen molar-refractivity contribution in [3.63, 3.8) is 0 Å². The van der Waals surface area contributed by atoms with Gasteiger partial charge in [0.1, 0.15) is 17.3 Å². The first-order valence-corrected chi connectivity index (χ1v) is 4.19. The second kappa shape index (κ2) is 3.91. The quantitative estimate of drug-likeness (QED) is 0.395. The number of amides is 1. The van der Waals surface area contributed by atoms with Gasteiger partial charge in [-0.1, -0.05) is 0 Å². The van der Waals surface area contributed by atoms with E-state index in [-0.39, 0.29) is 5.84 Å². The lowest BCUT2D eigenvalue weighted by Crippen LogP contribution is -2.23. The first-order valence-electron chi connectivity index (χ1n) is 4.19. The number of imidazole rings is 1. The first kappa shape index (κ1) is 10.2. The number of amidine groups is 1. The van der Waals surface area contributed by atoms with Crippen molar-refractivity contribution in [2.24, 2.45) is 5.73 Å². The van der Waals surface area contributed by atoms with Gasteiger partial charge in [0.05, 0.1) is 6.33 Å². The Kier molecular flexibility index (Phi) is 2.85. The Bertz CT molecular complexity index is 357. The zero-order chi connectivity index (χ0) is 10.7. The number of rotatable bonds is 4. The molecule has 0 saturated carbocycles. The van der Waals surface area contributed by atoms with E-state index in [1.165, 1.54) is 4.90 Å². The predicted molar refractivity (Wildman–Crippen MR) is 53.4 cm³/mol. The van der Waals surface area contributed by atoms with Crippen LogP contribution in [0.25, 0.3) is 0 Å². The number of nitrogens with one attached hydrogen (secondary N) is 1. The molecule has 0 unspecified atom stereocenters. The summed E-state index contributed by atoms with van der Waals surface area (Å²) in [5.41, 5.74) is 5.67. The number of nitrogens with two attached hydrogens (primary N) is 1. The van der Waals surface area contributed by atoms with Gasteiger partial charge in [-0.15, -0.1) is 0 Å². The molecule has 3 N–H and O–H groups in total. The Morgan fingerprint density at radius 2 is 2.50 bits per heavy atom. The molecule has 0 saturated heterocycles. The number of carbonyl (C=O) groups excluding carboxylic acids is 1. The maximum atomic E-state index is 10.6. The number of hydrogen-bond acceptors (Lipinski definition) is 3. The number of aryl methyl sites for hydroxylation is 1. The second-order valence-corrected chi connectivity index (χ2v) is 2.83. The summed E-state index contributed by atoms with van der Waals surface area (Å²) in [5.74, 6) is 0.413. The highest BCUT2D eigenvalue weighted by atomic mass is 16.1. The van der Waals surface area contributed by atoms with Gasteiger partial charge >= 0.3 is 0 Å².